The number of benzene rings is 2. The summed E-state index contributed by atoms with van der Waals surface area (Å²) in [6.45, 7) is 6.89. The average molecular weight is 434 g/mol. The summed E-state index contributed by atoms with van der Waals surface area (Å²) in [6, 6.07) is 17.8. The maximum Gasteiger partial charge on any atom is 0.253 e. The summed E-state index contributed by atoms with van der Waals surface area (Å²) in [5.74, 6) is 0.619. The number of nitrogens with zero attached hydrogens (tertiary/aromatic N) is 2. The molecule has 2 fully saturated rings. The number of hydrogen-bond acceptors (Lipinski definition) is 3. The van der Waals surface area contributed by atoms with Crippen LogP contribution in [0.1, 0.15) is 60.1 Å². The third kappa shape index (κ3) is 5.21. The molecular formula is C27H35N3O2. The van der Waals surface area contributed by atoms with E-state index in [1.807, 2.05) is 54.3 Å². The minimum absolute atomic E-state index is 0.0167. The lowest BCUT2D eigenvalue weighted by atomic mass is 9.94. The van der Waals surface area contributed by atoms with Crippen molar-refractivity contribution in [2.45, 2.75) is 51.6 Å². The number of rotatable bonds is 6. The van der Waals surface area contributed by atoms with E-state index in [-0.39, 0.29) is 23.9 Å². The normalized spacial score (nSPS) is 19.5. The smallest absolute Gasteiger partial charge is 0.253 e. The fraction of sp³-hybridized carbons (Fsp3) is 0.481. The molecule has 1 aliphatic carbocycles. The Morgan fingerprint density at radius 3 is 2.16 bits per heavy atom. The van der Waals surface area contributed by atoms with Crippen LogP contribution in [-0.4, -0.2) is 53.8 Å². The highest BCUT2D eigenvalue weighted by atomic mass is 16.2. The molecule has 5 heteroatoms. The standard InChI is InChI=1S/C27H35N3O2/c1-20-12-14-24(15-13-20)27(32)30-18-16-29(17-19-30)25(23-10-6-7-11-23)26(31)28-21(2)22-8-4-3-5-9-22/h3-5,8-9,12-15,21,23,25H,6-7,10-11,16-19H2,1-2H3,(H,28,31). The molecule has 2 aliphatic rings. The summed E-state index contributed by atoms with van der Waals surface area (Å²) in [5.41, 5.74) is 3.02. The Hall–Kier alpha value is -2.66. The highest BCUT2D eigenvalue weighted by Crippen LogP contribution is 2.31. The van der Waals surface area contributed by atoms with Crippen molar-refractivity contribution in [2.75, 3.05) is 26.2 Å². The Bertz CT molecular complexity index is 898. The third-order valence-electron chi connectivity index (χ3n) is 7.07. The number of carbonyl (C=O) groups excluding carboxylic acids is 2. The van der Waals surface area contributed by atoms with Crippen molar-refractivity contribution in [3.8, 4) is 0 Å². The van der Waals surface area contributed by atoms with E-state index < -0.39 is 0 Å². The molecule has 1 N–H and O–H groups in total. The number of amides is 2. The number of carbonyl (C=O) groups is 2. The summed E-state index contributed by atoms with van der Waals surface area (Å²) in [4.78, 5) is 30.6. The highest BCUT2D eigenvalue weighted by Gasteiger charge is 2.37. The first-order chi connectivity index (χ1) is 15.5. The third-order valence-corrected chi connectivity index (χ3v) is 7.07. The molecule has 2 amide bonds. The van der Waals surface area contributed by atoms with E-state index >= 15 is 0 Å². The van der Waals surface area contributed by atoms with Gasteiger partial charge in [0, 0.05) is 31.7 Å². The molecule has 1 saturated carbocycles. The van der Waals surface area contributed by atoms with Gasteiger partial charge in [-0.15, -0.1) is 0 Å². The molecule has 0 radical (unpaired) electrons. The summed E-state index contributed by atoms with van der Waals surface area (Å²) in [5, 5.41) is 3.27. The van der Waals surface area contributed by atoms with Crippen molar-refractivity contribution in [3.05, 3.63) is 71.3 Å². The molecule has 2 atom stereocenters. The zero-order valence-electron chi connectivity index (χ0n) is 19.3. The van der Waals surface area contributed by atoms with Crippen molar-refractivity contribution in [2.24, 2.45) is 5.92 Å². The first-order valence-corrected chi connectivity index (χ1v) is 12.0. The summed E-state index contributed by atoms with van der Waals surface area (Å²) >= 11 is 0. The van der Waals surface area contributed by atoms with Crippen molar-refractivity contribution in [3.63, 3.8) is 0 Å². The van der Waals surface area contributed by atoms with E-state index in [0.717, 1.165) is 42.6 Å². The second-order valence-corrected chi connectivity index (χ2v) is 9.32. The molecule has 0 spiro atoms. The predicted molar refractivity (Wildman–Crippen MR) is 127 cm³/mol. The molecule has 0 bridgehead atoms. The Labute approximate surface area is 191 Å². The van der Waals surface area contributed by atoms with Gasteiger partial charge in [0.25, 0.3) is 5.91 Å². The van der Waals surface area contributed by atoms with Gasteiger partial charge in [0.05, 0.1) is 12.1 Å². The fourth-order valence-corrected chi connectivity index (χ4v) is 5.16. The molecule has 0 aromatic heterocycles. The Morgan fingerprint density at radius 1 is 0.906 bits per heavy atom. The van der Waals surface area contributed by atoms with Crippen LogP contribution >= 0.6 is 0 Å². The van der Waals surface area contributed by atoms with Gasteiger partial charge in [0.2, 0.25) is 5.91 Å². The quantitative estimate of drug-likeness (QED) is 0.743. The van der Waals surface area contributed by atoms with Gasteiger partial charge in [0.15, 0.2) is 0 Å². The van der Waals surface area contributed by atoms with E-state index in [9.17, 15) is 9.59 Å². The van der Waals surface area contributed by atoms with E-state index in [0.29, 0.717) is 19.0 Å². The van der Waals surface area contributed by atoms with Crippen LogP contribution in [-0.2, 0) is 4.79 Å². The minimum atomic E-state index is -0.111. The van der Waals surface area contributed by atoms with Crippen molar-refractivity contribution < 1.29 is 9.59 Å². The van der Waals surface area contributed by atoms with Gasteiger partial charge < -0.3 is 10.2 Å². The maximum absolute atomic E-state index is 13.4. The molecule has 1 heterocycles. The molecule has 2 aromatic rings. The van der Waals surface area contributed by atoms with Gasteiger partial charge in [-0.2, -0.15) is 0 Å². The molecule has 5 nitrogen and oxygen atoms in total. The van der Waals surface area contributed by atoms with E-state index in [2.05, 4.69) is 29.3 Å². The number of aryl methyl sites for hydroxylation is 1. The van der Waals surface area contributed by atoms with E-state index in [1.54, 1.807) is 0 Å². The second-order valence-electron chi connectivity index (χ2n) is 9.32. The second kappa shape index (κ2) is 10.3. The molecule has 2 unspecified atom stereocenters. The van der Waals surface area contributed by atoms with Crippen LogP contribution in [0.2, 0.25) is 0 Å². The number of piperazine rings is 1. The van der Waals surface area contributed by atoms with Crippen LogP contribution in [0.25, 0.3) is 0 Å². The van der Waals surface area contributed by atoms with Crippen molar-refractivity contribution in [1.29, 1.82) is 0 Å². The van der Waals surface area contributed by atoms with Crippen LogP contribution in [0.4, 0.5) is 0 Å². The molecule has 4 rings (SSSR count). The predicted octanol–water partition coefficient (Wildman–Crippen LogP) is 4.19. The Kier molecular flexibility index (Phi) is 7.26. The lowest BCUT2D eigenvalue weighted by molar-refractivity contribution is -0.129. The van der Waals surface area contributed by atoms with Gasteiger partial charge in [0.1, 0.15) is 0 Å². The van der Waals surface area contributed by atoms with Gasteiger partial charge >= 0.3 is 0 Å². The van der Waals surface area contributed by atoms with E-state index in [1.165, 1.54) is 12.8 Å². The first-order valence-electron chi connectivity index (χ1n) is 12.0. The topological polar surface area (TPSA) is 52.7 Å². The largest absolute Gasteiger partial charge is 0.348 e. The Balaban J connectivity index is 1.41. The summed E-state index contributed by atoms with van der Waals surface area (Å²) in [6.07, 6.45) is 4.63. The average Bonchev–Trinajstić information content (AvgIpc) is 3.34. The van der Waals surface area contributed by atoms with Crippen LogP contribution in [0.15, 0.2) is 54.6 Å². The van der Waals surface area contributed by atoms with Crippen molar-refractivity contribution in [1.82, 2.24) is 15.1 Å². The maximum atomic E-state index is 13.4. The Morgan fingerprint density at radius 2 is 1.53 bits per heavy atom. The van der Waals surface area contributed by atoms with Crippen LogP contribution in [0, 0.1) is 12.8 Å². The molecule has 2 aromatic carbocycles. The summed E-state index contributed by atoms with van der Waals surface area (Å²) in [7, 11) is 0. The van der Waals surface area contributed by atoms with E-state index in [4.69, 9.17) is 0 Å². The van der Waals surface area contributed by atoms with Gasteiger partial charge in [-0.05, 0) is 50.3 Å². The lowest BCUT2D eigenvalue weighted by Gasteiger charge is -2.41. The molecule has 32 heavy (non-hydrogen) atoms. The van der Waals surface area contributed by atoms with Gasteiger partial charge in [-0.3, -0.25) is 14.5 Å². The first kappa shape index (κ1) is 22.5. The van der Waals surface area contributed by atoms with Gasteiger partial charge in [-0.1, -0.05) is 60.9 Å². The van der Waals surface area contributed by atoms with Crippen LogP contribution < -0.4 is 5.32 Å². The zero-order chi connectivity index (χ0) is 22.5. The minimum Gasteiger partial charge on any atom is -0.348 e. The zero-order valence-corrected chi connectivity index (χ0v) is 19.3. The summed E-state index contributed by atoms with van der Waals surface area (Å²) < 4.78 is 0. The van der Waals surface area contributed by atoms with Crippen LogP contribution in [0.5, 0.6) is 0 Å². The highest BCUT2D eigenvalue weighted by molar-refractivity contribution is 5.94. The monoisotopic (exact) mass is 433 g/mol. The number of nitrogens with one attached hydrogen (secondary N) is 1. The van der Waals surface area contributed by atoms with Gasteiger partial charge in [-0.25, -0.2) is 0 Å². The fourth-order valence-electron chi connectivity index (χ4n) is 5.16. The molecule has 1 saturated heterocycles. The molecular weight excluding hydrogens is 398 g/mol. The van der Waals surface area contributed by atoms with Crippen molar-refractivity contribution >= 4 is 11.8 Å². The SMILES string of the molecule is Cc1ccc(C(=O)N2CCN(C(C(=O)NC(C)c3ccccc3)C3CCCC3)CC2)cc1. The number of hydrogen-bond donors (Lipinski definition) is 1. The molecule has 170 valence electrons. The van der Waals surface area contributed by atoms with Crippen LogP contribution in [0.3, 0.4) is 0 Å². The molecule has 1 aliphatic heterocycles. The lowest BCUT2D eigenvalue weighted by Crippen LogP contribution is -2.58.